The van der Waals surface area contributed by atoms with Gasteiger partial charge in [0.15, 0.2) is 0 Å². The van der Waals surface area contributed by atoms with Gasteiger partial charge in [-0.1, -0.05) is 60.7 Å². The molecule has 0 unspecified atom stereocenters. The highest BCUT2D eigenvalue weighted by Crippen LogP contribution is 2.20. The average Bonchev–Trinajstić information content (AvgIpc) is 3.93. The van der Waals surface area contributed by atoms with Crippen molar-refractivity contribution in [2.24, 2.45) is 17.2 Å². The maximum Gasteiger partial charge on any atom is 0.337 e. The lowest BCUT2D eigenvalue weighted by Crippen LogP contribution is -2.60. The standard InChI is InChI=1S/C43H54N12O7/c1-26(50-41(60)37(20-29-22-48-34-12-6-5-11-32(29)34)52-40(59)33(45)21-30-23-47-25-49-30)39(58)54-55(24-28-14-16-31(56)17-15-28)43(62)53-36(19-27-9-3-2-4-10-27)42(61)51-35(38(46)57)13-7-8-18-44/h2-6,9-12,14-17,22-23,25-26,33,35-37,48,56H,7-8,13,18-21,24,44-45H2,1H3,(H2,46,57)(H,47,49)(H,50,60)(H,51,61)(H,52,59)(H,53,62)(H,54,58)/t26-,33-,35-,36+,37+/m0/s1. The zero-order valence-electron chi connectivity index (χ0n) is 34.3. The molecule has 5 atom stereocenters. The first kappa shape index (κ1) is 45.8. The predicted molar refractivity (Wildman–Crippen MR) is 230 cm³/mol. The van der Waals surface area contributed by atoms with Crippen molar-refractivity contribution in [3.63, 3.8) is 0 Å². The number of nitrogens with two attached hydrogens (primary N) is 3. The number of aromatic nitrogens is 3. The molecule has 62 heavy (non-hydrogen) atoms. The number of benzene rings is 3. The van der Waals surface area contributed by atoms with Crippen LogP contribution in [0, 0.1) is 0 Å². The van der Waals surface area contributed by atoms with Crippen molar-refractivity contribution >= 4 is 46.5 Å². The Morgan fingerprint density at radius 3 is 2.11 bits per heavy atom. The van der Waals surface area contributed by atoms with Crippen LogP contribution >= 0.6 is 0 Å². The van der Waals surface area contributed by atoms with Crippen LogP contribution in [0.5, 0.6) is 5.75 Å². The molecule has 2 heterocycles. The van der Waals surface area contributed by atoms with Crippen LogP contribution < -0.4 is 43.9 Å². The Bertz CT molecular complexity index is 2270. The molecule has 0 aliphatic rings. The number of aromatic hydroxyl groups is 1. The van der Waals surface area contributed by atoms with Gasteiger partial charge in [-0.3, -0.25) is 29.4 Å². The molecule has 3 aromatic carbocycles. The van der Waals surface area contributed by atoms with E-state index in [1.54, 1.807) is 42.7 Å². The first-order valence-corrected chi connectivity index (χ1v) is 20.2. The molecule has 19 heteroatoms. The van der Waals surface area contributed by atoms with Gasteiger partial charge < -0.3 is 53.5 Å². The van der Waals surface area contributed by atoms with Crippen molar-refractivity contribution in [1.82, 2.24) is 46.7 Å². The number of nitrogens with zero attached hydrogens (tertiary/aromatic N) is 2. The fraction of sp³-hybridized carbons (Fsp3) is 0.326. The van der Waals surface area contributed by atoms with Gasteiger partial charge >= 0.3 is 6.03 Å². The average molecular weight is 851 g/mol. The van der Waals surface area contributed by atoms with Crippen LogP contribution in [0.1, 0.15) is 48.6 Å². The van der Waals surface area contributed by atoms with Gasteiger partial charge in [-0.25, -0.2) is 14.8 Å². The summed E-state index contributed by atoms with van der Waals surface area (Å²) in [6.07, 6.45) is 6.28. The lowest BCUT2D eigenvalue weighted by molar-refractivity contribution is -0.133. The maximum absolute atomic E-state index is 14.1. The van der Waals surface area contributed by atoms with Crippen molar-refractivity contribution in [3.05, 3.63) is 120 Å². The number of imidazole rings is 1. The summed E-state index contributed by atoms with van der Waals surface area (Å²) in [5.74, 6) is -3.61. The molecule has 328 valence electrons. The Morgan fingerprint density at radius 2 is 1.42 bits per heavy atom. The molecule has 0 aliphatic carbocycles. The molecule has 19 nitrogen and oxygen atoms in total. The normalized spacial score (nSPS) is 13.5. The molecule has 14 N–H and O–H groups in total. The van der Waals surface area contributed by atoms with E-state index in [2.05, 4.69) is 41.6 Å². The van der Waals surface area contributed by atoms with Crippen molar-refractivity contribution in [3.8, 4) is 5.75 Å². The Hall–Kier alpha value is -7.25. The van der Waals surface area contributed by atoms with E-state index in [4.69, 9.17) is 17.2 Å². The van der Waals surface area contributed by atoms with Crippen LogP contribution in [0.2, 0.25) is 0 Å². The van der Waals surface area contributed by atoms with Crippen LogP contribution in [-0.4, -0.2) is 97.4 Å². The molecule has 5 aromatic rings. The minimum atomic E-state index is -1.27. The number of aromatic amines is 2. The van der Waals surface area contributed by atoms with Gasteiger partial charge in [-0.2, -0.15) is 0 Å². The molecule has 0 fully saturated rings. The monoisotopic (exact) mass is 850 g/mol. The molecule has 0 spiro atoms. The molecule has 0 aliphatic heterocycles. The summed E-state index contributed by atoms with van der Waals surface area (Å²) < 4.78 is 0. The number of para-hydroxylation sites is 1. The smallest absolute Gasteiger partial charge is 0.337 e. The summed E-state index contributed by atoms with van der Waals surface area (Å²) in [6, 6.07) is 15.5. The number of carbonyl (C=O) groups excluding carboxylic acids is 6. The molecule has 7 amide bonds. The number of primary amides is 1. The van der Waals surface area contributed by atoms with E-state index in [9.17, 15) is 33.9 Å². The number of nitrogens with one attached hydrogen (secondary N) is 7. The first-order valence-electron chi connectivity index (χ1n) is 20.2. The van der Waals surface area contributed by atoms with E-state index in [-0.39, 0.29) is 38.0 Å². The zero-order chi connectivity index (χ0) is 44.6. The van der Waals surface area contributed by atoms with E-state index in [1.807, 2.05) is 24.3 Å². The van der Waals surface area contributed by atoms with E-state index in [0.717, 1.165) is 21.5 Å². The second-order valence-corrected chi connectivity index (χ2v) is 14.9. The second-order valence-electron chi connectivity index (χ2n) is 14.9. The van der Waals surface area contributed by atoms with Gasteiger partial charge in [-0.15, -0.1) is 0 Å². The van der Waals surface area contributed by atoms with E-state index in [1.165, 1.54) is 37.5 Å². The minimum absolute atomic E-state index is 0.00916. The summed E-state index contributed by atoms with van der Waals surface area (Å²) in [6.45, 7) is 1.55. The van der Waals surface area contributed by atoms with E-state index < -0.39 is 65.8 Å². The van der Waals surface area contributed by atoms with Gasteiger partial charge in [0.25, 0.3) is 5.91 Å². The fourth-order valence-corrected chi connectivity index (χ4v) is 6.63. The molecule has 5 rings (SSSR count). The van der Waals surface area contributed by atoms with E-state index >= 15 is 0 Å². The molecular weight excluding hydrogens is 797 g/mol. The number of phenolic OH excluding ortho intramolecular Hbond substituents is 1. The third kappa shape index (κ3) is 13.4. The van der Waals surface area contributed by atoms with Gasteiger partial charge in [-0.05, 0) is 67.6 Å². The van der Waals surface area contributed by atoms with Crippen LogP contribution in [-0.2, 0) is 49.8 Å². The number of fused-ring (bicyclic) bond motifs is 1. The summed E-state index contributed by atoms with van der Waals surface area (Å²) >= 11 is 0. The highest BCUT2D eigenvalue weighted by Gasteiger charge is 2.31. The van der Waals surface area contributed by atoms with Crippen molar-refractivity contribution in [2.45, 2.75) is 82.2 Å². The third-order valence-electron chi connectivity index (χ3n) is 10.1. The highest BCUT2D eigenvalue weighted by atomic mass is 16.3. The number of phenols is 1. The number of rotatable bonds is 21. The predicted octanol–water partition coefficient (Wildman–Crippen LogP) is 0.652. The molecule has 0 saturated heterocycles. The fourth-order valence-electron chi connectivity index (χ4n) is 6.63. The largest absolute Gasteiger partial charge is 0.508 e. The number of hydrogen-bond donors (Lipinski definition) is 11. The summed E-state index contributed by atoms with van der Waals surface area (Å²) in [5, 5.41) is 22.4. The van der Waals surface area contributed by atoms with Crippen molar-refractivity contribution in [1.29, 1.82) is 0 Å². The third-order valence-corrected chi connectivity index (χ3v) is 10.1. The molecule has 0 bridgehead atoms. The van der Waals surface area contributed by atoms with Crippen molar-refractivity contribution in [2.75, 3.05) is 6.54 Å². The van der Waals surface area contributed by atoms with Crippen LogP contribution in [0.4, 0.5) is 4.79 Å². The van der Waals surface area contributed by atoms with Crippen LogP contribution in [0.25, 0.3) is 10.9 Å². The Labute approximate surface area is 357 Å². The summed E-state index contributed by atoms with van der Waals surface area (Å²) in [4.78, 5) is 91.4. The van der Waals surface area contributed by atoms with E-state index in [0.29, 0.717) is 36.2 Å². The maximum atomic E-state index is 14.1. The zero-order valence-corrected chi connectivity index (χ0v) is 34.3. The number of unbranched alkanes of at least 4 members (excludes halogenated alkanes) is 1. The summed E-state index contributed by atoms with van der Waals surface area (Å²) in [5.41, 5.74) is 23.3. The molecular formula is C43H54N12O7. The van der Waals surface area contributed by atoms with Gasteiger partial charge in [0.05, 0.1) is 18.9 Å². The van der Waals surface area contributed by atoms with Gasteiger partial charge in [0.2, 0.25) is 23.6 Å². The van der Waals surface area contributed by atoms with Crippen molar-refractivity contribution < 1.29 is 33.9 Å². The number of hydrazine groups is 1. The quantitative estimate of drug-likeness (QED) is 0.0362. The number of hydrogen-bond acceptors (Lipinski definition) is 10. The number of amides is 7. The molecule has 0 saturated carbocycles. The van der Waals surface area contributed by atoms with Gasteiger partial charge in [0.1, 0.15) is 29.9 Å². The van der Waals surface area contributed by atoms with Crippen LogP contribution in [0.15, 0.2) is 97.6 Å². The minimum Gasteiger partial charge on any atom is -0.508 e. The number of H-pyrrole nitrogens is 2. The topological polar surface area (TPSA) is 309 Å². The molecule has 0 radical (unpaired) electrons. The second kappa shape index (κ2) is 22.4. The molecule has 2 aromatic heterocycles. The Balaban J connectivity index is 1.34. The Morgan fingerprint density at radius 1 is 0.742 bits per heavy atom. The highest BCUT2D eigenvalue weighted by molar-refractivity contribution is 5.95. The Kier molecular flexibility index (Phi) is 16.5. The lowest BCUT2D eigenvalue weighted by Gasteiger charge is -2.29. The van der Waals surface area contributed by atoms with Crippen LogP contribution in [0.3, 0.4) is 0 Å². The summed E-state index contributed by atoms with van der Waals surface area (Å²) in [7, 11) is 0. The SMILES string of the molecule is C[C@H](NC(=O)[C@@H](Cc1c[nH]c2ccccc12)NC(=O)[C@@H](N)Cc1cnc[nH]1)C(=O)NN(Cc1ccc(O)cc1)C(=O)N[C@H](Cc1ccccc1)C(=O)N[C@@H](CCCCN)C(N)=O. The number of urea groups is 1. The number of carbonyl (C=O) groups is 6. The first-order chi connectivity index (χ1) is 29.8. The van der Waals surface area contributed by atoms with Gasteiger partial charge in [0, 0.05) is 48.3 Å². The lowest BCUT2D eigenvalue weighted by atomic mass is 10.0.